The number of aryl methyl sites for hydroxylation is 1. The van der Waals surface area contributed by atoms with Crippen LogP contribution < -0.4 is 15.5 Å². The zero-order valence-electron chi connectivity index (χ0n) is 27.4. The fraction of sp³-hybridized carbons (Fsp3) is 0.275. The maximum atomic E-state index is 13.1. The molecule has 5 aromatic rings. The number of esters is 2. The van der Waals surface area contributed by atoms with E-state index >= 15 is 0 Å². The van der Waals surface area contributed by atoms with Gasteiger partial charge >= 0.3 is 11.9 Å². The van der Waals surface area contributed by atoms with Gasteiger partial charge in [-0.1, -0.05) is 105 Å². The molecule has 8 heteroatoms. The summed E-state index contributed by atoms with van der Waals surface area (Å²) in [4.78, 5) is 38.9. The summed E-state index contributed by atoms with van der Waals surface area (Å²) >= 11 is 0. The molecule has 0 bridgehead atoms. The van der Waals surface area contributed by atoms with Gasteiger partial charge in [0.05, 0.1) is 11.8 Å². The first-order chi connectivity index (χ1) is 23.4. The van der Waals surface area contributed by atoms with Crippen molar-refractivity contribution in [1.29, 1.82) is 0 Å². The van der Waals surface area contributed by atoms with Crippen molar-refractivity contribution in [3.05, 3.63) is 136 Å². The van der Waals surface area contributed by atoms with Crippen LogP contribution in [0.1, 0.15) is 43.4 Å². The van der Waals surface area contributed by atoms with Gasteiger partial charge < -0.3 is 23.9 Å². The van der Waals surface area contributed by atoms with Gasteiger partial charge in [0, 0.05) is 24.2 Å². The SMILES string of the molecule is CCCc1cccc(CC(=O)OC(CNC(CC)C(=O)OCc2ccccc2)COc2ccc3c(=O)cc(-c4ccccc4)oc3c2)c1. The van der Waals surface area contributed by atoms with E-state index < -0.39 is 18.1 Å². The number of carbonyl (C=O) groups excluding carboxylic acids is 2. The van der Waals surface area contributed by atoms with Crippen LogP contribution in [0.2, 0.25) is 0 Å². The van der Waals surface area contributed by atoms with Crippen LogP contribution in [0, 0.1) is 0 Å². The Morgan fingerprint density at radius 3 is 2.29 bits per heavy atom. The van der Waals surface area contributed by atoms with Crippen molar-refractivity contribution < 1.29 is 28.2 Å². The topological polar surface area (TPSA) is 104 Å². The van der Waals surface area contributed by atoms with Crippen molar-refractivity contribution in [2.45, 2.75) is 58.3 Å². The van der Waals surface area contributed by atoms with E-state index in [0.29, 0.717) is 28.9 Å². The predicted molar refractivity (Wildman–Crippen MR) is 186 cm³/mol. The second kappa shape index (κ2) is 17.1. The number of nitrogens with one attached hydrogen (secondary N) is 1. The zero-order chi connectivity index (χ0) is 33.7. The quantitative estimate of drug-likeness (QED) is 0.114. The molecule has 0 aliphatic heterocycles. The summed E-state index contributed by atoms with van der Waals surface area (Å²) in [6.07, 6.45) is 1.80. The van der Waals surface area contributed by atoms with E-state index in [0.717, 1.165) is 29.5 Å². The van der Waals surface area contributed by atoms with Gasteiger partial charge in [-0.3, -0.25) is 14.4 Å². The van der Waals surface area contributed by atoms with Crippen LogP contribution in [-0.4, -0.2) is 37.2 Å². The van der Waals surface area contributed by atoms with Crippen LogP contribution in [-0.2, 0) is 38.5 Å². The van der Waals surface area contributed by atoms with Crippen LogP contribution in [0.25, 0.3) is 22.3 Å². The number of fused-ring (bicyclic) bond motifs is 1. The Kier molecular flexibility index (Phi) is 12.2. The lowest BCUT2D eigenvalue weighted by atomic mass is 10.1. The first kappa shape index (κ1) is 34.1. The molecule has 0 saturated heterocycles. The first-order valence-electron chi connectivity index (χ1n) is 16.4. The zero-order valence-corrected chi connectivity index (χ0v) is 27.4. The van der Waals surface area contributed by atoms with Crippen LogP contribution in [0.15, 0.2) is 118 Å². The van der Waals surface area contributed by atoms with Crippen molar-refractivity contribution in [2.75, 3.05) is 13.2 Å². The van der Waals surface area contributed by atoms with E-state index in [1.54, 1.807) is 18.2 Å². The average molecular weight is 648 g/mol. The van der Waals surface area contributed by atoms with Gasteiger partial charge in [-0.05, 0) is 41.7 Å². The average Bonchev–Trinajstić information content (AvgIpc) is 3.10. The van der Waals surface area contributed by atoms with Crippen molar-refractivity contribution in [3.63, 3.8) is 0 Å². The molecular formula is C40H41NO7. The third kappa shape index (κ3) is 9.65. The number of rotatable bonds is 16. The largest absolute Gasteiger partial charge is 0.490 e. The molecular weight excluding hydrogens is 606 g/mol. The van der Waals surface area contributed by atoms with Gasteiger partial charge in [-0.25, -0.2) is 0 Å². The van der Waals surface area contributed by atoms with E-state index in [1.807, 2.05) is 85.8 Å². The monoisotopic (exact) mass is 647 g/mol. The predicted octanol–water partition coefficient (Wildman–Crippen LogP) is 7.06. The van der Waals surface area contributed by atoms with Gasteiger partial charge in [-0.2, -0.15) is 0 Å². The van der Waals surface area contributed by atoms with E-state index in [-0.39, 0.29) is 37.6 Å². The molecule has 248 valence electrons. The molecule has 0 aliphatic rings. The molecule has 1 aromatic heterocycles. The molecule has 0 aliphatic carbocycles. The van der Waals surface area contributed by atoms with Gasteiger partial charge in [0.25, 0.3) is 0 Å². The summed E-state index contributed by atoms with van der Waals surface area (Å²) in [5, 5.41) is 3.64. The van der Waals surface area contributed by atoms with E-state index in [2.05, 4.69) is 18.3 Å². The highest BCUT2D eigenvalue weighted by molar-refractivity contribution is 5.80. The summed E-state index contributed by atoms with van der Waals surface area (Å²) < 4.78 is 23.6. The lowest BCUT2D eigenvalue weighted by molar-refractivity contribution is -0.150. The molecule has 0 fully saturated rings. The molecule has 0 saturated carbocycles. The molecule has 0 amide bonds. The highest BCUT2D eigenvalue weighted by Crippen LogP contribution is 2.25. The van der Waals surface area contributed by atoms with Crippen molar-refractivity contribution >= 4 is 22.9 Å². The Hall–Kier alpha value is -5.21. The second-order valence-electron chi connectivity index (χ2n) is 11.6. The van der Waals surface area contributed by atoms with Gasteiger partial charge in [-0.15, -0.1) is 0 Å². The minimum atomic E-state index is -0.731. The highest BCUT2D eigenvalue weighted by Gasteiger charge is 2.23. The molecule has 4 aromatic carbocycles. The summed E-state index contributed by atoms with van der Waals surface area (Å²) in [6, 6.07) is 32.7. The fourth-order valence-electron chi connectivity index (χ4n) is 5.37. The smallest absolute Gasteiger partial charge is 0.323 e. The minimum Gasteiger partial charge on any atom is -0.490 e. The van der Waals surface area contributed by atoms with Gasteiger partial charge in [0.15, 0.2) is 5.43 Å². The summed E-state index contributed by atoms with van der Waals surface area (Å²) in [5.74, 6) is 0.0992. The normalized spacial score (nSPS) is 12.3. The number of ether oxygens (including phenoxy) is 3. The van der Waals surface area contributed by atoms with E-state index in [4.69, 9.17) is 18.6 Å². The lowest BCUT2D eigenvalue weighted by Gasteiger charge is -2.22. The number of benzene rings is 4. The third-order valence-corrected chi connectivity index (χ3v) is 7.88. The maximum Gasteiger partial charge on any atom is 0.323 e. The number of hydrogen-bond acceptors (Lipinski definition) is 8. The van der Waals surface area contributed by atoms with Gasteiger partial charge in [0.2, 0.25) is 0 Å². The molecule has 2 atom stereocenters. The lowest BCUT2D eigenvalue weighted by Crippen LogP contribution is -2.44. The fourth-order valence-corrected chi connectivity index (χ4v) is 5.37. The molecule has 0 radical (unpaired) electrons. The van der Waals surface area contributed by atoms with Crippen molar-refractivity contribution in [1.82, 2.24) is 5.32 Å². The Balaban J connectivity index is 1.28. The van der Waals surface area contributed by atoms with Crippen LogP contribution in [0.4, 0.5) is 0 Å². The molecule has 5 rings (SSSR count). The Morgan fingerprint density at radius 1 is 0.812 bits per heavy atom. The van der Waals surface area contributed by atoms with Crippen molar-refractivity contribution in [3.8, 4) is 17.1 Å². The third-order valence-electron chi connectivity index (χ3n) is 7.88. The maximum absolute atomic E-state index is 13.1. The summed E-state index contributed by atoms with van der Waals surface area (Å²) in [7, 11) is 0. The summed E-state index contributed by atoms with van der Waals surface area (Å²) in [6.45, 7) is 4.32. The molecule has 1 N–H and O–H groups in total. The van der Waals surface area contributed by atoms with Crippen LogP contribution >= 0.6 is 0 Å². The molecule has 1 heterocycles. The first-order valence-corrected chi connectivity index (χ1v) is 16.4. The minimum absolute atomic E-state index is 0.00176. The van der Waals surface area contributed by atoms with Crippen LogP contribution in [0.3, 0.4) is 0 Å². The standard InChI is InChI=1S/C40H41NO7/c1-3-12-28-15-11-16-30(21-28)22-39(43)47-33(25-41-35(4-2)40(44)46-26-29-13-7-5-8-14-29)27-45-32-19-20-34-36(42)24-37(48-38(34)23-32)31-17-9-6-10-18-31/h5-11,13-21,23-24,33,35,41H,3-4,12,22,25-27H2,1-2H3. The van der Waals surface area contributed by atoms with E-state index in [1.165, 1.54) is 11.6 Å². The molecule has 8 nitrogen and oxygen atoms in total. The number of carbonyl (C=O) groups is 2. The molecule has 0 spiro atoms. The second-order valence-corrected chi connectivity index (χ2v) is 11.6. The van der Waals surface area contributed by atoms with Crippen LogP contribution in [0.5, 0.6) is 5.75 Å². The Labute approximate surface area is 280 Å². The van der Waals surface area contributed by atoms with Crippen molar-refractivity contribution in [2.24, 2.45) is 0 Å². The van der Waals surface area contributed by atoms with Gasteiger partial charge in [0.1, 0.15) is 42.5 Å². The highest BCUT2D eigenvalue weighted by atomic mass is 16.6. The molecule has 48 heavy (non-hydrogen) atoms. The molecule has 2 unspecified atom stereocenters. The van der Waals surface area contributed by atoms with E-state index in [9.17, 15) is 14.4 Å². The summed E-state index contributed by atoms with van der Waals surface area (Å²) in [5.41, 5.74) is 3.94. The number of hydrogen-bond donors (Lipinski definition) is 1. The Bertz CT molecular complexity index is 1850. The Morgan fingerprint density at radius 2 is 1.54 bits per heavy atom.